The minimum atomic E-state index is -0.634. The molecule has 1 aliphatic rings. The normalized spacial score (nSPS) is 15.1. The molecule has 0 aliphatic carbocycles. The molecule has 2 amide bonds. The first-order valence-electron chi connectivity index (χ1n) is 11.7. The maximum atomic E-state index is 13.7. The van der Waals surface area contributed by atoms with Gasteiger partial charge in [-0.25, -0.2) is 4.98 Å². The number of fused-ring (bicyclic) bond motifs is 4. The van der Waals surface area contributed by atoms with Crippen LogP contribution in [0.3, 0.4) is 0 Å². The maximum absolute atomic E-state index is 13.7. The lowest BCUT2D eigenvalue weighted by molar-refractivity contribution is -0.125. The molecule has 180 valence electrons. The fraction of sp³-hybridized carbons (Fsp3) is 0.192. The number of anilines is 1. The number of amides is 2. The van der Waals surface area contributed by atoms with Crippen molar-refractivity contribution in [2.45, 2.75) is 25.6 Å². The highest BCUT2D eigenvalue weighted by Gasteiger charge is 2.37. The van der Waals surface area contributed by atoms with Gasteiger partial charge in [-0.05, 0) is 29.8 Å². The maximum Gasteiger partial charge on any atom is 0.275 e. The van der Waals surface area contributed by atoms with Crippen LogP contribution in [0.15, 0.2) is 61.2 Å². The summed E-state index contributed by atoms with van der Waals surface area (Å²) in [6, 6.07) is 13.1. The van der Waals surface area contributed by atoms with E-state index in [2.05, 4.69) is 35.6 Å². The van der Waals surface area contributed by atoms with Gasteiger partial charge in [0.05, 0.1) is 36.1 Å². The predicted octanol–water partition coefficient (Wildman–Crippen LogP) is 2.76. The van der Waals surface area contributed by atoms with Crippen molar-refractivity contribution in [1.82, 2.24) is 35.1 Å². The summed E-state index contributed by atoms with van der Waals surface area (Å²) in [5.74, 6) is -0.498. The minimum Gasteiger partial charge on any atom is -0.379 e. The van der Waals surface area contributed by atoms with E-state index in [1.54, 1.807) is 24.3 Å². The summed E-state index contributed by atoms with van der Waals surface area (Å²) >= 11 is 0. The van der Waals surface area contributed by atoms with E-state index in [0.717, 1.165) is 38.9 Å². The van der Waals surface area contributed by atoms with Gasteiger partial charge in [-0.15, -0.1) is 0 Å². The number of hydrogen-bond acceptors (Lipinski definition) is 6. The van der Waals surface area contributed by atoms with E-state index in [1.807, 2.05) is 42.5 Å². The molecule has 0 radical (unpaired) electrons. The van der Waals surface area contributed by atoms with Crippen molar-refractivity contribution in [1.29, 1.82) is 0 Å². The Morgan fingerprint density at radius 3 is 2.78 bits per heavy atom. The lowest BCUT2D eigenvalue weighted by Gasteiger charge is -2.34. The Bertz CT molecular complexity index is 1600. The molecule has 0 bridgehead atoms. The zero-order valence-corrected chi connectivity index (χ0v) is 19.6. The van der Waals surface area contributed by atoms with Gasteiger partial charge in [-0.1, -0.05) is 18.2 Å². The van der Waals surface area contributed by atoms with Crippen LogP contribution < -0.4 is 10.6 Å². The van der Waals surface area contributed by atoms with Crippen LogP contribution >= 0.6 is 0 Å². The zero-order chi connectivity index (χ0) is 24.6. The van der Waals surface area contributed by atoms with Crippen molar-refractivity contribution in [3.05, 3.63) is 83.8 Å². The quantitative estimate of drug-likeness (QED) is 0.306. The highest BCUT2D eigenvalue weighted by Crippen LogP contribution is 2.31. The first-order valence-corrected chi connectivity index (χ1v) is 11.7. The Morgan fingerprint density at radius 2 is 1.92 bits per heavy atom. The molecule has 5 aromatic rings. The Balaban J connectivity index is 1.27. The molecule has 6 rings (SSSR count). The summed E-state index contributed by atoms with van der Waals surface area (Å²) in [7, 11) is 1.59. The molecule has 1 atom stereocenters. The number of benzene rings is 2. The third-order valence-corrected chi connectivity index (χ3v) is 6.67. The standard InChI is InChI=1S/C26H24N8O2/c1-27-25(35)23-11-17-16-4-2-3-5-18(16)33-22(17)13-34(23)26(36)24-21(31-14-32-24)12-30-15-6-7-19-20(10-15)29-9-8-28-19/h2-10,14,23,30,33H,11-13H2,1H3,(H,27,35)(H,31,32). The molecule has 4 heterocycles. The Labute approximate surface area is 206 Å². The molecular formula is C26H24N8O2. The van der Waals surface area contributed by atoms with Gasteiger partial charge in [0, 0.05) is 48.1 Å². The van der Waals surface area contributed by atoms with Gasteiger partial charge in [-0.2, -0.15) is 0 Å². The molecule has 0 spiro atoms. The largest absolute Gasteiger partial charge is 0.379 e. The SMILES string of the molecule is CNC(=O)C1Cc2c([nH]c3ccccc23)CN1C(=O)c1nc[nH]c1CNc1ccc2nccnc2c1. The van der Waals surface area contributed by atoms with E-state index in [-0.39, 0.29) is 17.5 Å². The number of imidazole rings is 1. The number of rotatable bonds is 5. The van der Waals surface area contributed by atoms with E-state index in [4.69, 9.17) is 0 Å². The van der Waals surface area contributed by atoms with Crippen LogP contribution in [-0.2, 0) is 24.3 Å². The van der Waals surface area contributed by atoms with Gasteiger partial charge in [0.25, 0.3) is 5.91 Å². The topological polar surface area (TPSA) is 132 Å². The number of carbonyl (C=O) groups is 2. The predicted molar refractivity (Wildman–Crippen MR) is 135 cm³/mol. The Hall–Kier alpha value is -4.73. The average Bonchev–Trinajstić information content (AvgIpc) is 3.54. The van der Waals surface area contributed by atoms with Crippen LogP contribution in [0.5, 0.6) is 0 Å². The number of aromatic amines is 2. The van der Waals surface area contributed by atoms with E-state index in [0.29, 0.717) is 25.2 Å². The number of H-pyrrole nitrogens is 2. The molecule has 1 aliphatic heterocycles. The molecule has 36 heavy (non-hydrogen) atoms. The molecule has 0 fully saturated rings. The summed E-state index contributed by atoms with van der Waals surface area (Å²) in [6.07, 6.45) is 5.24. The number of para-hydroxylation sites is 1. The van der Waals surface area contributed by atoms with Gasteiger partial charge < -0.3 is 25.5 Å². The van der Waals surface area contributed by atoms with Crippen LogP contribution in [0.25, 0.3) is 21.9 Å². The van der Waals surface area contributed by atoms with Crippen molar-refractivity contribution in [3.8, 4) is 0 Å². The molecule has 0 saturated carbocycles. The minimum absolute atomic E-state index is 0.202. The summed E-state index contributed by atoms with van der Waals surface area (Å²) in [5, 5.41) is 7.12. The molecular weight excluding hydrogens is 456 g/mol. The Kier molecular flexibility index (Phi) is 5.33. The molecule has 10 nitrogen and oxygen atoms in total. The number of nitrogens with one attached hydrogen (secondary N) is 4. The average molecular weight is 481 g/mol. The fourth-order valence-electron chi connectivity index (χ4n) is 4.86. The van der Waals surface area contributed by atoms with E-state index in [1.165, 1.54) is 6.33 Å². The third-order valence-electron chi connectivity index (χ3n) is 6.67. The number of nitrogens with zero attached hydrogens (tertiary/aromatic N) is 4. The lowest BCUT2D eigenvalue weighted by atomic mass is 9.95. The second-order valence-electron chi connectivity index (χ2n) is 8.74. The third kappa shape index (κ3) is 3.72. The van der Waals surface area contributed by atoms with E-state index < -0.39 is 6.04 Å². The van der Waals surface area contributed by atoms with Crippen LogP contribution in [0.1, 0.15) is 27.4 Å². The van der Waals surface area contributed by atoms with Crippen molar-refractivity contribution in [2.24, 2.45) is 0 Å². The summed E-state index contributed by atoms with van der Waals surface area (Å²) < 4.78 is 0. The smallest absolute Gasteiger partial charge is 0.275 e. The van der Waals surface area contributed by atoms with Crippen LogP contribution in [0, 0.1) is 0 Å². The molecule has 2 aromatic carbocycles. The Morgan fingerprint density at radius 1 is 1.08 bits per heavy atom. The highest BCUT2D eigenvalue weighted by atomic mass is 16.2. The summed E-state index contributed by atoms with van der Waals surface area (Å²) in [4.78, 5) is 47.6. The highest BCUT2D eigenvalue weighted by molar-refractivity contribution is 5.98. The van der Waals surface area contributed by atoms with Crippen molar-refractivity contribution < 1.29 is 9.59 Å². The summed E-state index contributed by atoms with van der Waals surface area (Å²) in [5.41, 5.74) is 6.37. The van der Waals surface area contributed by atoms with Crippen LogP contribution in [0.4, 0.5) is 5.69 Å². The number of carbonyl (C=O) groups excluding carboxylic acids is 2. The summed E-state index contributed by atoms with van der Waals surface area (Å²) in [6.45, 7) is 0.646. The molecule has 0 saturated heterocycles. The zero-order valence-electron chi connectivity index (χ0n) is 19.6. The second kappa shape index (κ2) is 8.81. The van der Waals surface area contributed by atoms with Crippen LogP contribution in [-0.4, -0.2) is 54.7 Å². The molecule has 10 heteroatoms. The number of likely N-dealkylation sites (N-methyl/N-ethyl adjacent to an activating group) is 1. The molecule has 1 unspecified atom stereocenters. The molecule has 3 aromatic heterocycles. The first-order chi connectivity index (χ1) is 17.6. The monoisotopic (exact) mass is 480 g/mol. The van der Waals surface area contributed by atoms with E-state index in [9.17, 15) is 9.59 Å². The van der Waals surface area contributed by atoms with E-state index >= 15 is 0 Å². The van der Waals surface area contributed by atoms with Gasteiger partial charge in [0.15, 0.2) is 5.69 Å². The molecule has 4 N–H and O–H groups in total. The number of aromatic nitrogens is 5. The first kappa shape index (κ1) is 21.8. The van der Waals surface area contributed by atoms with Crippen molar-refractivity contribution in [2.75, 3.05) is 12.4 Å². The van der Waals surface area contributed by atoms with Crippen LogP contribution in [0.2, 0.25) is 0 Å². The van der Waals surface area contributed by atoms with Crippen molar-refractivity contribution in [3.63, 3.8) is 0 Å². The van der Waals surface area contributed by atoms with Gasteiger partial charge >= 0.3 is 0 Å². The van der Waals surface area contributed by atoms with Gasteiger partial charge in [-0.3, -0.25) is 19.6 Å². The van der Waals surface area contributed by atoms with Crippen molar-refractivity contribution >= 4 is 39.4 Å². The van der Waals surface area contributed by atoms with Gasteiger partial charge in [0.2, 0.25) is 5.91 Å². The number of hydrogen-bond donors (Lipinski definition) is 4. The fourth-order valence-corrected chi connectivity index (χ4v) is 4.86. The van der Waals surface area contributed by atoms with Gasteiger partial charge in [0.1, 0.15) is 6.04 Å². The lowest BCUT2D eigenvalue weighted by Crippen LogP contribution is -2.52. The second-order valence-corrected chi connectivity index (χ2v) is 8.74.